The summed E-state index contributed by atoms with van der Waals surface area (Å²) in [6.45, 7) is 4.04. The standard InChI is InChI=1S/C12H14F3N5/c1-11(2,7-3-4-7)16-8-5-6-9-17-18-10(12(13,14)15)20(9)19-8/h5-7H,3-4H2,1-2H3,(H,16,19). The van der Waals surface area contributed by atoms with Crippen molar-refractivity contribution in [2.75, 3.05) is 5.32 Å². The summed E-state index contributed by atoms with van der Waals surface area (Å²) in [5.74, 6) is -0.192. The second-order valence-corrected chi connectivity index (χ2v) is 5.63. The predicted octanol–water partition coefficient (Wildman–Crippen LogP) is 2.74. The van der Waals surface area contributed by atoms with E-state index >= 15 is 0 Å². The molecule has 0 radical (unpaired) electrons. The monoisotopic (exact) mass is 285 g/mol. The van der Waals surface area contributed by atoms with Crippen LogP contribution in [0, 0.1) is 5.92 Å². The van der Waals surface area contributed by atoms with Crippen LogP contribution in [0.3, 0.4) is 0 Å². The van der Waals surface area contributed by atoms with Crippen LogP contribution in [0.4, 0.5) is 19.0 Å². The maximum absolute atomic E-state index is 12.8. The fourth-order valence-corrected chi connectivity index (χ4v) is 2.27. The summed E-state index contributed by atoms with van der Waals surface area (Å²) in [6.07, 6.45) is -2.32. The first-order chi connectivity index (χ1) is 9.27. The van der Waals surface area contributed by atoms with Gasteiger partial charge in [-0.05, 0) is 44.7 Å². The van der Waals surface area contributed by atoms with E-state index in [1.54, 1.807) is 6.07 Å². The normalized spacial score (nSPS) is 16.6. The second kappa shape index (κ2) is 4.07. The predicted molar refractivity (Wildman–Crippen MR) is 66.2 cm³/mol. The highest BCUT2D eigenvalue weighted by Crippen LogP contribution is 2.40. The largest absolute Gasteiger partial charge is 0.453 e. The number of rotatable bonds is 3. The van der Waals surface area contributed by atoms with E-state index in [9.17, 15) is 13.2 Å². The highest BCUT2D eigenvalue weighted by atomic mass is 19.4. The molecule has 0 aromatic carbocycles. The topological polar surface area (TPSA) is 55.1 Å². The third-order valence-corrected chi connectivity index (χ3v) is 3.56. The molecule has 3 rings (SSSR count). The van der Waals surface area contributed by atoms with E-state index in [1.165, 1.54) is 6.07 Å². The van der Waals surface area contributed by atoms with Crippen LogP contribution in [0.15, 0.2) is 12.1 Å². The third-order valence-electron chi connectivity index (χ3n) is 3.56. The summed E-state index contributed by atoms with van der Waals surface area (Å²) >= 11 is 0. The number of anilines is 1. The van der Waals surface area contributed by atoms with Gasteiger partial charge in [-0.3, -0.25) is 0 Å². The number of aromatic nitrogens is 4. The van der Waals surface area contributed by atoms with Gasteiger partial charge in [0, 0.05) is 5.54 Å². The lowest BCUT2D eigenvalue weighted by molar-refractivity contribution is -0.146. The Morgan fingerprint density at radius 3 is 2.50 bits per heavy atom. The molecule has 20 heavy (non-hydrogen) atoms. The van der Waals surface area contributed by atoms with E-state index in [4.69, 9.17) is 0 Å². The van der Waals surface area contributed by atoms with Gasteiger partial charge in [-0.25, -0.2) is 0 Å². The lowest BCUT2D eigenvalue weighted by atomic mass is 9.99. The molecule has 108 valence electrons. The molecule has 8 heteroatoms. The van der Waals surface area contributed by atoms with Crippen molar-refractivity contribution < 1.29 is 13.2 Å². The van der Waals surface area contributed by atoms with E-state index in [0.717, 1.165) is 17.4 Å². The summed E-state index contributed by atoms with van der Waals surface area (Å²) in [5, 5.41) is 13.8. The molecular weight excluding hydrogens is 271 g/mol. The Bertz CT molecular complexity index is 642. The van der Waals surface area contributed by atoms with Crippen molar-refractivity contribution in [2.45, 2.75) is 38.4 Å². The van der Waals surface area contributed by atoms with E-state index in [2.05, 4.69) is 20.6 Å². The molecule has 0 atom stereocenters. The maximum Gasteiger partial charge on any atom is 0.453 e. The van der Waals surface area contributed by atoms with Crippen molar-refractivity contribution in [1.29, 1.82) is 0 Å². The highest BCUT2D eigenvalue weighted by molar-refractivity contribution is 5.45. The zero-order valence-electron chi connectivity index (χ0n) is 11.1. The molecule has 1 saturated carbocycles. The van der Waals surface area contributed by atoms with Gasteiger partial charge in [0.05, 0.1) is 0 Å². The van der Waals surface area contributed by atoms with E-state index in [0.29, 0.717) is 11.7 Å². The zero-order chi connectivity index (χ0) is 14.5. The van der Waals surface area contributed by atoms with Gasteiger partial charge < -0.3 is 5.32 Å². The van der Waals surface area contributed by atoms with E-state index in [-0.39, 0.29) is 11.2 Å². The van der Waals surface area contributed by atoms with Crippen LogP contribution in [-0.4, -0.2) is 25.4 Å². The van der Waals surface area contributed by atoms with Crippen LogP contribution >= 0.6 is 0 Å². The average Bonchev–Trinajstić information content (AvgIpc) is 3.08. The SMILES string of the molecule is CC(C)(Nc1ccc2nnc(C(F)(F)F)n2n1)C1CC1. The van der Waals surface area contributed by atoms with Crippen LogP contribution in [0.1, 0.15) is 32.5 Å². The molecular formula is C12H14F3N5. The number of nitrogens with one attached hydrogen (secondary N) is 1. The van der Waals surface area contributed by atoms with Crippen molar-refractivity contribution in [3.8, 4) is 0 Å². The first-order valence-electron chi connectivity index (χ1n) is 6.35. The quantitative estimate of drug-likeness (QED) is 0.942. The summed E-state index contributed by atoms with van der Waals surface area (Å²) < 4.78 is 39.1. The maximum atomic E-state index is 12.8. The van der Waals surface area contributed by atoms with Gasteiger partial charge in [0.15, 0.2) is 5.65 Å². The summed E-state index contributed by atoms with van der Waals surface area (Å²) in [7, 11) is 0. The minimum atomic E-state index is -4.57. The molecule has 2 heterocycles. The Morgan fingerprint density at radius 2 is 1.90 bits per heavy atom. The fraction of sp³-hybridized carbons (Fsp3) is 0.583. The molecule has 0 bridgehead atoms. The van der Waals surface area contributed by atoms with E-state index < -0.39 is 12.0 Å². The number of alkyl halides is 3. The minimum Gasteiger partial charge on any atom is -0.363 e. The molecule has 5 nitrogen and oxygen atoms in total. The van der Waals surface area contributed by atoms with Crippen molar-refractivity contribution in [2.24, 2.45) is 5.92 Å². The molecule has 2 aromatic rings. The molecule has 1 N–H and O–H groups in total. The Hall–Kier alpha value is -1.86. The van der Waals surface area contributed by atoms with Crippen molar-refractivity contribution >= 4 is 11.5 Å². The first-order valence-corrected chi connectivity index (χ1v) is 6.35. The number of halogens is 3. The number of nitrogens with zero attached hydrogens (tertiary/aromatic N) is 4. The Morgan fingerprint density at radius 1 is 1.20 bits per heavy atom. The smallest absolute Gasteiger partial charge is 0.363 e. The van der Waals surface area contributed by atoms with Gasteiger partial charge in [0.2, 0.25) is 0 Å². The van der Waals surface area contributed by atoms with Gasteiger partial charge in [-0.1, -0.05) is 0 Å². The number of fused-ring (bicyclic) bond motifs is 1. The molecule has 0 aliphatic heterocycles. The van der Waals surface area contributed by atoms with Crippen molar-refractivity contribution in [3.05, 3.63) is 18.0 Å². The summed E-state index contributed by atoms with van der Waals surface area (Å²) in [6, 6.07) is 3.09. The molecule has 1 fully saturated rings. The Balaban J connectivity index is 1.97. The lowest BCUT2D eigenvalue weighted by Crippen LogP contribution is -2.34. The van der Waals surface area contributed by atoms with Gasteiger partial charge in [0.1, 0.15) is 5.82 Å². The van der Waals surface area contributed by atoms with Crippen LogP contribution in [0.5, 0.6) is 0 Å². The highest BCUT2D eigenvalue weighted by Gasteiger charge is 2.39. The Kier molecular flexibility index (Phi) is 2.67. The lowest BCUT2D eigenvalue weighted by Gasteiger charge is -2.26. The molecule has 0 spiro atoms. The fourth-order valence-electron chi connectivity index (χ4n) is 2.27. The van der Waals surface area contributed by atoms with E-state index in [1.807, 2.05) is 13.8 Å². The van der Waals surface area contributed by atoms with Crippen LogP contribution < -0.4 is 5.32 Å². The average molecular weight is 285 g/mol. The number of hydrogen-bond donors (Lipinski definition) is 1. The van der Waals surface area contributed by atoms with Gasteiger partial charge in [-0.2, -0.15) is 17.7 Å². The van der Waals surface area contributed by atoms with Crippen LogP contribution in [-0.2, 0) is 6.18 Å². The molecule has 0 amide bonds. The van der Waals surface area contributed by atoms with Crippen molar-refractivity contribution in [3.63, 3.8) is 0 Å². The summed E-state index contributed by atoms with van der Waals surface area (Å²) in [5.41, 5.74) is -0.111. The van der Waals surface area contributed by atoms with Gasteiger partial charge in [-0.15, -0.1) is 15.3 Å². The molecule has 1 aliphatic rings. The van der Waals surface area contributed by atoms with Crippen LogP contribution in [0.25, 0.3) is 5.65 Å². The van der Waals surface area contributed by atoms with Crippen molar-refractivity contribution in [1.82, 2.24) is 19.8 Å². The molecule has 2 aromatic heterocycles. The minimum absolute atomic E-state index is 0.0760. The molecule has 0 saturated heterocycles. The second-order valence-electron chi connectivity index (χ2n) is 5.63. The zero-order valence-corrected chi connectivity index (χ0v) is 11.1. The van der Waals surface area contributed by atoms with Crippen LogP contribution in [0.2, 0.25) is 0 Å². The molecule has 1 aliphatic carbocycles. The summed E-state index contributed by atoms with van der Waals surface area (Å²) in [4.78, 5) is 0. The van der Waals surface area contributed by atoms with Gasteiger partial charge in [0.25, 0.3) is 5.82 Å². The van der Waals surface area contributed by atoms with Gasteiger partial charge >= 0.3 is 6.18 Å². The Labute approximate surface area is 113 Å². The first kappa shape index (κ1) is 13.1. The number of hydrogen-bond acceptors (Lipinski definition) is 4. The third kappa shape index (κ3) is 2.30. The molecule has 0 unspecified atom stereocenters.